The third kappa shape index (κ3) is 3.27. The second kappa shape index (κ2) is 6.31. The van der Waals surface area contributed by atoms with Gasteiger partial charge in [0, 0.05) is 10.9 Å². The van der Waals surface area contributed by atoms with Gasteiger partial charge in [-0.1, -0.05) is 37.6 Å². The number of carbonyl (C=O) groups excluding carboxylic acids is 2. The van der Waals surface area contributed by atoms with Crippen molar-refractivity contribution < 1.29 is 19.1 Å². The fourth-order valence-electron chi connectivity index (χ4n) is 2.51. The van der Waals surface area contributed by atoms with Crippen LogP contribution in [0, 0.1) is 11.8 Å². The zero-order valence-corrected chi connectivity index (χ0v) is 12.9. The number of benzene rings is 1. The van der Waals surface area contributed by atoms with Crippen LogP contribution in [0.2, 0.25) is 5.02 Å². The zero-order chi connectivity index (χ0) is 15.6. The third-order valence-corrected chi connectivity index (χ3v) is 3.81. The molecule has 2 rings (SSSR count). The van der Waals surface area contributed by atoms with Crippen molar-refractivity contribution in [1.82, 2.24) is 0 Å². The Hall–Kier alpha value is -1.81. The monoisotopic (exact) mass is 308 g/mol. The summed E-state index contributed by atoms with van der Waals surface area (Å²) in [6.07, 6.45) is 1.65. The minimum Gasteiger partial charge on any atom is -0.463 e. The maximum Gasteiger partial charge on any atom is 0.373 e. The Morgan fingerprint density at radius 2 is 1.90 bits per heavy atom. The van der Waals surface area contributed by atoms with Gasteiger partial charge < -0.3 is 9.47 Å². The molecule has 0 saturated heterocycles. The lowest BCUT2D eigenvalue weighted by molar-refractivity contribution is -0.155. The average molecular weight is 309 g/mol. The van der Waals surface area contributed by atoms with Gasteiger partial charge in [0.1, 0.15) is 0 Å². The highest BCUT2D eigenvalue weighted by Crippen LogP contribution is 2.37. The van der Waals surface area contributed by atoms with Gasteiger partial charge in [0.2, 0.25) is 5.76 Å². The summed E-state index contributed by atoms with van der Waals surface area (Å²) in [7, 11) is 1.25. The molecule has 0 fully saturated rings. The number of cyclic esters (lactones) is 1. The van der Waals surface area contributed by atoms with E-state index in [0.29, 0.717) is 5.02 Å². The smallest absolute Gasteiger partial charge is 0.373 e. The summed E-state index contributed by atoms with van der Waals surface area (Å²) < 4.78 is 9.74. The number of ether oxygens (including phenoxy) is 2. The quantitative estimate of drug-likeness (QED) is 0.804. The number of rotatable bonds is 3. The molecule has 0 bridgehead atoms. The molecule has 2 atom stereocenters. The molecule has 0 N–H and O–H groups in total. The van der Waals surface area contributed by atoms with Gasteiger partial charge >= 0.3 is 11.9 Å². The first-order chi connectivity index (χ1) is 9.93. The predicted molar refractivity (Wildman–Crippen MR) is 78.7 cm³/mol. The molecule has 0 spiro atoms. The Morgan fingerprint density at radius 3 is 2.43 bits per heavy atom. The second-order valence-electron chi connectivity index (χ2n) is 5.29. The van der Waals surface area contributed by atoms with Crippen LogP contribution < -0.4 is 0 Å². The van der Waals surface area contributed by atoms with Crippen molar-refractivity contribution in [3.8, 4) is 0 Å². The molecule has 1 aromatic carbocycles. The summed E-state index contributed by atoms with van der Waals surface area (Å²) in [5.74, 6) is -1.62. The number of halogens is 1. The van der Waals surface area contributed by atoms with E-state index >= 15 is 0 Å². The van der Waals surface area contributed by atoms with Crippen LogP contribution >= 0.6 is 11.6 Å². The Bertz CT molecular complexity index is 574. The minimum atomic E-state index is -0.649. The largest absolute Gasteiger partial charge is 0.463 e. The van der Waals surface area contributed by atoms with Crippen LogP contribution in [-0.4, -0.2) is 19.0 Å². The zero-order valence-electron chi connectivity index (χ0n) is 12.1. The topological polar surface area (TPSA) is 52.6 Å². The van der Waals surface area contributed by atoms with E-state index in [1.165, 1.54) is 7.11 Å². The van der Waals surface area contributed by atoms with Gasteiger partial charge in [-0.25, -0.2) is 4.79 Å². The van der Waals surface area contributed by atoms with Gasteiger partial charge in [0.05, 0.1) is 13.0 Å². The number of methoxy groups -OCH3 is 1. The molecule has 0 amide bonds. The third-order valence-electron chi connectivity index (χ3n) is 3.56. The summed E-state index contributed by atoms with van der Waals surface area (Å²) in [6.45, 7) is 3.90. The SMILES string of the molecule is COC(=O)C1=C[C@H](c2ccc(Cl)cc2)[C@@H](C(C)C)C(=O)O1. The maximum absolute atomic E-state index is 12.2. The average Bonchev–Trinajstić information content (AvgIpc) is 2.45. The molecule has 4 nitrogen and oxygen atoms in total. The van der Waals surface area contributed by atoms with E-state index in [1.54, 1.807) is 18.2 Å². The van der Waals surface area contributed by atoms with Crippen molar-refractivity contribution in [2.75, 3.05) is 7.11 Å². The van der Waals surface area contributed by atoms with Crippen LogP contribution in [0.25, 0.3) is 0 Å². The van der Waals surface area contributed by atoms with Gasteiger partial charge in [0.15, 0.2) is 0 Å². The summed E-state index contributed by atoms with van der Waals surface area (Å²) >= 11 is 5.90. The maximum atomic E-state index is 12.2. The van der Waals surface area contributed by atoms with Crippen molar-refractivity contribution in [3.05, 3.63) is 46.7 Å². The number of carbonyl (C=O) groups is 2. The number of hydrogen-bond acceptors (Lipinski definition) is 4. The van der Waals surface area contributed by atoms with Crippen molar-refractivity contribution in [1.29, 1.82) is 0 Å². The van der Waals surface area contributed by atoms with E-state index < -0.39 is 11.9 Å². The number of esters is 2. The molecule has 0 aliphatic carbocycles. The fourth-order valence-corrected chi connectivity index (χ4v) is 2.64. The van der Waals surface area contributed by atoms with E-state index in [-0.39, 0.29) is 23.5 Å². The summed E-state index contributed by atoms with van der Waals surface area (Å²) in [5, 5.41) is 0.621. The molecular weight excluding hydrogens is 292 g/mol. The van der Waals surface area contributed by atoms with Crippen molar-refractivity contribution in [2.24, 2.45) is 11.8 Å². The molecule has 0 radical (unpaired) electrons. The van der Waals surface area contributed by atoms with Crippen LogP contribution in [0.4, 0.5) is 0 Å². The van der Waals surface area contributed by atoms with Crippen LogP contribution in [0.5, 0.6) is 0 Å². The molecule has 112 valence electrons. The highest BCUT2D eigenvalue weighted by molar-refractivity contribution is 6.30. The van der Waals surface area contributed by atoms with Crippen molar-refractivity contribution in [3.63, 3.8) is 0 Å². The lowest BCUT2D eigenvalue weighted by Gasteiger charge is -2.30. The molecule has 0 aromatic heterocycles. The molecule has 1 aliphatic rings. The van der Waals surface area contributed by atoms with E-state index in [2.05, 4.69) is 4.74 Å². The van der Waals surface area contributed by atoms with E-state index in [0.717, 1.165) is 5.56 Å². The number of hydrogen-bond donors (Lipinski definition) is 0. The van der Waals surface area contributed by atoms with Crippen LogP contribution in [0.1, 0.15) is 25.3 Å². The second-order valence-corrected chi connectivity index (χ2v) is 5.73. The first kappa shape index (κ1) is 15.6. The molecule has 0 saturated carbocycles. The Kier molecular flexibility index (Phi) is 4.68. The van der Waals surface area contributed by atoms with Crippen LogP contribution in [0.3, 0.4) is 0 Å². The Morgan fingerprint density at radius 1 is 1.29 bits per heavy atom. The molecule has 5 heteroatoms. The Labute approximate surface area is 128 Å². The van der Waals surface area contributed by atoms with Gasteiger partial charge in [-0.2, -0.15) is 0 Å². The van der Waals surface area contributed by atoms with Gasteiger partial charge in [0.25, 0.3) is 0 Å². The minimum absolute atomic E-state index is 0.0562. The predicted octanol–water partition coefficient (Wildman–Crippen LogP) is 3.31. The van der Waals surface area contributed by atoms with Gasteiger partial charge in [-0.15, -0.1) is 0 Å². The van der Waals surface area contributed by atoms with Crippen molar-refractivity contribution >= 4 is 23.5 Å². The highest BCUT2D eigenvalue weighted by atomic mass is 35.5. The lowest BCUT2D eigenvalue weighted by atomic mass is 9.78. The van der Waals surface area contributed by atoms with Gasteiger partial charge in [-0.3, -0.25) is 4.79 Å². The summed E-state index contributed by atoms with van der Waals surface area (Å²) in [4.78, 5) is 23.9. The first-order valence-corrected chi connectivity index (χ1v) is 7.09. The standard InChI is InChI=1S/C16H17ClO4/c1-9(2)14-12(10-4-6-11(17)7-5-10)8-13(15(18)20-3)21-16(14)19/h4-9,12,14H,1-3H3/t12-,14-/m1/s1. The van der Waals surface area contributed by atoms with Crippen molar-refractivity contribution in [2.45, 2.75) is 19.8 Å². The lowest BCUT2D eigenvalue weighted by Crippen LogP contribution is -2.33. The molecular formula is C16H17ClO4. The summed E-state index contributed by atoms with van der Waals surface area (Å²) in [6, 6.07) is 7.23. The normalized spacial score (nSPS) is 21.8. The van der Waals surface area contributed by atoms with Crippen LogP contribution in [-0.2, 0) is 19.1 Å². The van der Waals surface area contributed by atoms with Gasteiger partial charge in [-0.05, 0) is 29.7 Å². The molecule has 1 heterocycles. The number of allylic oxidation sites excluding steroid dienone is 1. The molecule has 1 aromatic rings. The van der Waals surface area contributed by atoms with E-state index in [9.17, 15) is 9.59 Å². The van der Waals surface area contributed by atoms with E-state index in [1.807, 2.05) is 26.0 Å². The fraction of sp³-hybridized carbons (Fsp3) is 0.375. The molecule has 1 aliphatic heterocycles. The Balaban J connectivity index is 2.46. The molecule has 0 unspecified atom stereocenters. The summed E-state index contributed by atoms with van der Waals surface area (Å²) in [5.41, 5.74) is 0.913. The van der Waals surface area contributed by atoms with E-state index in [4.69, 9.17) is 16.3 Å². The first-order valence-electron chi connectivity index (χ1n) is 6.71. The highest BCUT2D eigenvalue weighted by Gasteiger charge is 2.38. The van der Waals surface area contributed by atoms with Crippen LogP contribution in [0.15, 0.2) is 36.1 Å². The molecule has 21 heavy (non-hydrogen) atoms.